The van der Waals surface area contributed by atoms with Crippen LogP contribution in [0.5, 0.6) is 0 Å². The summed E-state index contributed by atoms with van der Waals surface area (Å²) in [7, 11) is -7.28. The van der Waals surface area contributed by atoms with Gasteiger partial charge in [0.2, 0.25) is 15.9 Å². The van der Waals surface area contributed by atoms with Gasteiger partial charge >= 0.3 is 0 Å². The van der Waals surface area contributed by atoms with E-state index in [0.717, 1.165) is 12.1 Å². The number of rotatable bonds is 6. The van der Waals surface area contributed by atoms with E-state index >= 15 is 0 Å². The number of nitrogens with one attached hydrogen (secondary N) is 1. The minimum absolute atomic E-state index is 0.100. The van der Waals surface area contributed by atoms with Crippen LogP contribution in [0.4, 0.5) is 4.39 Å². The summed E-state index contributed by atoms with van der Waals surface area (Å²) < 4.78 is 63.7. The van der Waals surface area contributed by atoms with Crippen molar-refractivity contribution in [3.63, 3.8) is 0 Å². The number of likely N-dealkylation sites (tertiary alicyclic amines) is 1. The molecule has 1 saturated heterocycles. The Bertz CT molecular complexity index is 907. The van der Waals surface area contributed by atoms with Crippen LogP contribution in [0.2, 0.25) is 0 Å². The Kier molecular flexibility index (Phi) is 6.33. The van der Waals surface area contributed by atoms with Crippen LogP contribution in [-0.4, -0.2) is 57.3 Å². The van der Waals surface area contributed by atoms with Crippen molar-refractivity contribution in [1.82, 2.24) is 9.62 Å². The van der Waals surface area contributed by atoms with Gasteiger partial charge in [0.15, 0.2) is 9.84 Å². The first-order chi connectivity index (χ1) is 12.3. The van der Waals surface area contributed by atoms with E-state index in [0.29, 0.717) is 13.0 Å². The van der Waals surface area contributed by atoms with Crippen molar-refractivity contribution in [2.45, 2.75) is 48.5 Å². The van der Waals surface area contributed by atoms with Crippen LogP contribution >= 0.6 is 0 Å². The molecule has 1 N–H and O–H groups in total. The van der Waals surface area contributed by atoms with Gasteiger partial charge < -0.3 is 4.90 Å². The molecule has 0 saturated carbocycles. The van der Waals surface area contributed by atoms with E-state index in [1.165, 1.54) is 17.0 Å². The predicted molar refractivity (Wildman–Crippen MR) is 99.9 cm³/mol. The number of carbonyl (C=O) groups excluding carboxylic acids is 1. The molecule has 1 aliphatic rings. The van der Waals surface area contributed by atoms with Gasteiger partial charge in [-0.1, -0.05) is 6.07 Å². The summed E-state index contributed by atoms with van der Waals surface area (Å²) in [6.45, 7) is 5.20. The molecular weight excluding hydrogens is 395 g/mol. The number of carbonyl (C=O) groups is 1. The molecule has 7 nitrogen and oxygen atoms in total. The first-order valence-electron chi connectivity index (χ1n) is 8.61. The van der Waals surface area contributed by atoms with Gasteiger partial charge in [-0.05, 0) is 45.4 Å². The second-order valence-corrected chi connectivity index (χ2v) is 12.3. The van der Waals surface area contributed by atoms with Gasteiger partial charge in [-0.25, -0.2) is 25.9 Å². The Balaban J connectivity index is 1.90. The van der Waals surface area contributed by atoms with Crippen molar-refractivity contribution in [3.05, 3.63) is 30.1 Å². The van der Waals surface area contributed by atoms with Crippen LogP contribution in [0.1, 0.15) is 33.6 Å². The summed E-state index contributed by atoms with van der Waals surface area (Å²) in [5, 5.41) is -0.606. The molecule has 0 unspecified atom stereocenters. The minimum Gasteiger partial charge on any atom is -0.341 e. The van der Waals surface area contributed by atoms with Gasteiger partial charge in [-0.2, -0.15) is 0 Å². The van der Waals surface area contributed by atoms with Crippen LogP contribution < -0.4 is 4.72 Å². The molecule has 152 valence electrons. The monoisotopic (exact) mass is 420 g/mol. The smallest absolute Gasteiger partial charge is 0.240 e. The van der Waals surface area contributed by atoms with Crippen LogP contribution in [0.3, 0.4) is 0 Å². The summed E-state index contributed by atoms with van der Waals surface area (Å²) in [5.74, 6) is -0.985. The number of benzene rings is 1. The molecule has 0 aromatic heterocycles. The molecule has 1 fully saturated rings. The highest BCUT2D eigenvalue weighted by Crippen LogP contribution is 2.27. The number of nitrogens with zero attached hydrogens (tertiary/aromatic N) is 1. The Morgan fingerprint density at radius 2 is 1.93 bits per heavy atom. The SMILES string of the molecule is CC(C)(C)S(=O)(=O)[C@H]1CCN(C(=O)CCNS(=O)(=O)c2cccc(F)c2)C1. The zero-order valence-corrected chi connectivity index (χ0v) is 17.2. The Labute approximate surface area is 159 Å². The number of sulfone groups is 1. The average molecular weight is 421 g/mol. The van der Waals surface area contributed by atoms with Gasteiger partial charge in [0.05, 0.1) is 14.9 Å². The number of hydrogen-bond donors (Lipinski definition) is 1. The lowest BCUT2D eigenvalue weighted by Crippen LogP contribution is -2.40. The molecule has 0 aliphatic carbocycles. The standard InChI is InChI=1S/C17H25FN2O5S2/c1-17(2,3)26(22,23)15-8-10-20(12-15)16(21)7-9-19-27(24,25)14-6-4-5-13(18)11-14/h4-6,11,15,19H,7-10,12H2,1-3H3/t15-/m0/s1. The largest absolute Gasteiger partial charge is 0.341 e. The summed E-state index contributed by atoms with van der Waals surface area (Å²) in [5.41, 5.74) is 0. The zero-order chi connectivity index (χ0) is 20.5. The van der Waals surface area contributed by atoms with E-state index in [2.05, 4.69) is 4.72 Å². The third-order valence-electron chi connectivity index (χ3n) is 4.53. The lowest BCUT2D eigenvalue weighted by Gasteiger charge is -2.24. The van der Waals surface area contributed by atoms with E-state index in [1.54, 1.807) is 20.8 Å². The van der Waals surface area contributed by atoms with E-state index in [1.807, 2.05) is 0 Å². The van der Waals surface area contributed by atoms with Crippen molar-refractivity contribution in [3.8, 4) is 0 Å². The molecule has 1 atom stereocenters. The molecule has 1 aliphatic heterocycles. The molecule has 27 heavy (non-hydrogen) atoms. The highest BCUT2D eigenvalue weighted by atomic mass is 32.2. The van der Waals surface area contributed by atoms with Crippen molar-refractivity contribution < 1.29 is 26.0 Å². The summed E-state index contributed by atoms with van der Waals surface area (Å²) in [4.78, 5) is 13.5. The van der Waals surface area contributed by atoms with Crippen molar-refractivity contribution in [2.75, 3.05) is 19.6 Å². The quantitative estimate of drug-likeness (QED) is 0.748. The van der Waals surface area contributed by atoms with Crippen molar-refractivity contribution >= 4 is 25.8 Å². The highest BCUT2D eigenvalue weighted by Gasteiger charge is 2.41. The van der Waals surface area contributed by atoms with Crippen LogP contribution in [0, 0.1) is 5.82 Å². The number of hydrogen-bond acceptors (Lipinski definition) is 5. The average Bonchev–Trinajstić information content (AvgIpc) is 3.04. The van der Waals surface area contributed by atoms with Crippen molar-refractivity contribution in [1.29, 1.82) is 0 Å². The first kappa shape index (κ1) is 21.8. The Morgan fingerprint density at radius 1 is 1.26 bits per heavy atom. The number of halogens is 1. The highest BCUT2D eigenvalue weighted by molar-refractivity contribution is 7.93. The number of sulfonamides is 1. The lowest BCUT2D eigenvalue weighted by atomic mass is 10.3. The summed E-state index contributed by atoms with van der Waals surface area (Å²) in [6, 6.07) is 4.58. The van der Waals surface area contributed by atoms with Crippen LogP contribution in [0.25, 0.3) is 0 Å². The Hall–Kier alpha value is -1.52. The fourth-order valence-corrected chi connectivity index (χ4v) is 5.73. The maximum atomic E-state index is 13.2. The third kappa shape index (κ3) is 5.05. The Morgan fingerprint density at radius 3 is 2.52 bits per heavy atom. The lowest BCUT2D eigenvalue weighted by molar-refractivity contribution is -0.129. The normalized spacial score (nSPS) is 18.7. The first-order valence-corrected chi connectivity index (χ1v) is 11.6. The van der Waals surface area contributed by atoms with Crippen molar-refractivity contribution in [2.24, 2.45) is 0 Å². The summed E-state index contributed by atoms with van der Waals surface area (Å²) in [6.07, 6.45) is 0.275. The minimum atomic E-state index is -3.91. The second kappa shape index (κ2) is 7.84. The van der Waals surface area contributed by atoms with Gasteiger partial charge in [0.25, 0.3) is 0 Å². The fourth-order valence-electron chi connectivity index (χ4n) is 2.88. The van der Waals surface area contributed by atoms with E-state index in [9.17, 15) is 26.0 Å². The topological polar surface area (TPSA) is 101 Å². The molecule has 0 bridgehead atoms. The third-order valence-corrected chi connectivity index (χ3v) is 8.96. The summed E-state index contributed by atoms with van der Waals surface area (Å²) >= 11 is 0. The molecule has 0 spiro atoms. The maximum Gasteiger partial charge on any atom is 0.240 e. The van der Waals surface area contributed by atoms with E-state index in [4.69, 9.17) is 0 Å². The molecule has 0 radical (unpaired) electrons. The van der Waals surface area contributed by atoms with Crippen LogP contribution in [-0.2, 0) is 24.7 Å². The molecule has 1 heterocycles. The number of amides is 1. The second-order valence-electron chi connectivity index (χ2n) is 7.51. The van der Waals surface area contributed by atoms with Crippen LogP contribution in [0.15, 0.2) is 29.2 Å². The van der Waals surface area contributed by atoms with Gasteiger partial charge in [0.1, 0.15) is 5.82 Å². The van der Waals surface area contributed by atoms with E-state index in [-0.39, 0.29) is 30.3 Å². The van der Waals surface area contributed by atoms with E-state index < -0.39 is 35.7 Å². The molecule has 1 amide bonds. The molecule has 1 aromatic carbocycles. The fraction of sp³-hybridized carbons (Fsp3) is 0.588. The zero-order valence-electron chi connectivity index (χ0n) is 15.6. The van der Waals surface area contributed by atoms with Gasteiger partial charge in [-0.3, -0.25) is 4.79 Å². The van der Waals surface area contributed by atoms with Gasteiger partial charge in [0, 0.05) is 26.1 Å². The van der Waals surface area contributed by atoms with Gasteiger partial charge in [-0.15, -0.1) is 0 Å². The molecular formula is C17H25FN2O5S2. The molecule has 1 aromatic rings. The predicted octanol–water partition coefficient (Wildman–Crippen LogP) is 1.31. The maximum absolute atomic E-state index is 13.2. The molecule has 2 rings (SSSR count). The molecule has 10 heteroatoms.